The van der Waals surface area contributed by atoms with E-state index in [0.717, 1.165) is 44.9 Å². The minimum atomic E-state index is -0.674. The van der Waals surface area contributed by atoms with Gasteiger partial charge in [-0.2, -0.15) is 0 Å². The van der Waals surface area contributed by atoms with Crippen molar-refractivity contribution in [2.75, 3.05) is 5.88 Å². The SMILES string of the molecule is C[C@@]12C[C@H]3[C@@H]4CC5OC56CC(OC=O)CC[C@]6(C)[C@H]4CC[C@]3(C)[C@]1(C(=O)CCl)O2. The molecular formula is C23H31ClO5. The number of ether oxygens (including phenoxy) is 3. The molecule has 2 aliphatic heterocycles. The van der Waals surface area contributed by atoms with Crippen molar-refractivity contribution in [2.24, 2.45) is 28.6 Å². The second-order valence-corrected chi connectivity index (χ2v) is 11.6. The Bertz CT molecular complexity index is 802. The molecule has 0 bridgehead atoms. The molecule has 160 valence electrons. The first-order valence-electron chi connectivity index (χ1n) is 11.3. The Morgan fingerprint density at radius 2 is 1.90 bits per heavy atom. The first-order valence-corrected chi connectivity index (χ1v) is 11.8. The maximum absolute atomic E-state index is 12.9. The molecule has 0 amide bonds. The molecule has 2 heterocycles. The number of ketones is 1. The van der Waals surface area contributed by atoms with Crippen LogP contribution in [0.5, 0.6) is 0 Å². The van der Waals surface area contributed by atoms with E-state index < -0.39 is 5.60 Å². The van der Waals surface area contributed by atoms with Crippen molar-refractivity contribution in [2.45, 2.75) is 94.7 Å². The summed E-state index contributed by atoms with van der Waals surface area (Å²) in [6, 6.07) is 0. The lowest BCUT2D eigenvalue weighted by Crippen LogP contribution is -2.60. The number of hydrogen-bond donors (Lipinski definition) is 0. The van der Waals surface area contributed by atoms with Crippen LogP contribution in [-0.4, -0.2) is 47.1 Å². The fraction of sp³-hybridized carbons (Fsp3) is 0.913. The summed E-state index contributed by atoms with van der Waals surface area (Å²) in [6.45, 7) is 7.44. The van der Waals surface area contributed by atoms with Crippen molar-refractivity contribution in [1.82, 2.24) is 0 Å². The third kappa shape index (κ3) is 1.89. The van der Waals surface area contributed by atoms with E-state index >= 15 is 0 Å². The minimum absolute atomic E-state index is 0.00738. The second-order valence-electron chi connectivity index (χ2n) is 11.4. The predicted molar refractivity (Wildman–Crippen MR) is 105 cm³/mol. The monoisotopic (exact) mass is 422 g/mol. The molecule has 6 aliphatic rings. The van der Waals surface area contributed by atoms with Gasteiger partial charge in [0.2, 0.25) is 0 Å². The van der Waals surface area contributed by atoms with Crippen LogP contribution in [0.15, 0.2) is 0 Å². The van der Waals surface area contributed by atoms with E-state index in [2.05, 4.69) is 20.8 Å². The third-order valence-corrected chi connectivity index (χ3v) is 10.9. The molecule has 2 saturated heterocycles. The Morgan fingerprint density at radius 3 is 2.62 bits per heavy atom. The van der Waals surface area contributed by atoms with Crippen molar-refractivity contribution in [3.63, 3.8) is 0 Å². The van der Waals surface area contributed by atoms with Crippen LogP contribution in [0.4, 0.5) is 0 Å². The topological polar surface area (TPSA) is 68.4 Å². The molecule has 29 heavy (non-hydrogen) atoms. The summed E-state index contributed by atoms with van der Waals surface area (Å²) in [7, 11) is 0. The van der Waals surface area contributed by atoms with Crippen molar-refractivity contribution in [1.29, 1.82) is 0 Å². The van der Waals surface area contributed by atoms with Gasteiger partial charge in [-0.1, -0.05) is 13.8 Å². The van der Waals surface area contributed by atoms with Crippen molar-refractivity contribution in [3.8, 4) is 0 Å². The van der Waals surface area contributed by atoms with Crippen LogP contribution in [0.3, 0.4) is 0 Å². The molecule has 10 atom stereocenters. The van der Waals surface area contributed by atoms with Crippen molar-refractivity contribution >= 4 is 23.9 Å². The highest BCUT2D eigenvalue weighted by atomic mass is 35.5. The molecule has 5 nitrogen and oxygen atoms in total. The Balaban J connectivity index is 1.34. The van der Waals surface area contributed by atoms with E-state index in [9.17, 15) is 9.59 Å². The van der Waals surface area contributed by atoms with Crippen LogP contribution in [0.1, 0.15) is 65.7 Å². The largest absolute Gasteiger partial charge is 0.464 e. The van der Waals surface area contributed by atoms with E-state index in [1.807, 2.05) is 0 Å². The van der Waals surface area contributed by atoms with E-state index in [-0.39, 0.29) is 45.9 Å². The van der Waals surface area contributed by atoms with Crippen LogP contribution in [0.25, 0.3) is 0 Å². The number of Topliss-reactive ketones (excluding diaryl/α,β-unsaturated/α-hetero) is 1. The zero-order valence-electron chi connectivity index (χ0n) is 17.5. The van der Waals surface area contributed by atoms with Gasteiger partial charge in [0, 0.05) is 17.3 Å². The zero-order valence-corrected chi connectivity index (χ0v) is 18.3. The number of halogens is 1. The fourth-order valence-electron chi connectivity index (χ4n) is 9.37. The molecule has 6 rings (SSSR count). The highest BCUT2D eigenvalue weighted by Crippen LogP contribution is 2.80. The van der Waals surface area contributed by atoms with Gasteiger partial charge in [-0.3, -0.25) is 9.59 Å². The molecule has 6 heteroatoms. The van der Waals surface area contributed by atoms with Gasteiger partial charge in [0.1, 0.15) is 17.3 Å². The maximum atomic E-state index is 12.9. The number of alkyl halides is 1. The number of carbonyl (C=O) groups is 2. The summed E-state index contributed by atoms with van der Waals surface area (Å²) in [6.07, 6.45) is 7.22. The summed E-state index contributed by atoms with van der Waals surface area (Å²) in [5.74, 6) is 1.76. The summed E-state index contributed by atoms with van der Waals surface area (Å²) in [5.41, 5.74) is -1.13. The first kappa shape index (κ1) is 19.1. The Morgan fingerprint density at radius 1 is 1.14 bits per heavy atom. The molecule has 0 N–H and O–H groups in total. The molecule has 0 aromatic rings. The van der Waals surface area contributed by atoms with E-state index in [1.165, 1.54) is 0 Å². The predicted octanol–water partition coefficient (Wildman–Crippen LogP) is 3.65. The number of fused-ring (bicyclic) bond motifs is 6. The van der Waals surface area contributed by atoms with Crippen LogP contribution >= 0.6 is 11.6 Å². The van der Waals surface area contributed by atoms with Crippen LogP contribution in [0, 0.1) is 28.6 Å². The zero-order chi connectivity index (χ0) is 20.4. The molecule has 1 spiro atoms. The lowest BCUT2D eigenvalue weighted by atomic mass is 9.44. The van der Waals surface area contributed by atoms with Gasteiger partial charge < -0.3 is 14.2 Å². The van der Waals surface area contributed by atoms with Gasteiger partial charge in [-0.15, -0.1) is 11.6 Å². The highest BCUT2D eigenvalue weighted by molar-refractivity contribution is 6.29. The number of carbonyl (C=O) groups excluding carboxylic acids is 2. The smallest absolute Gasteiger partial charge is 0.293 e. The maximum Gasteiger partial charge on any atom is 0.293 e. The van der Waals surface area contributed by atoms with Gasteiger partial charge in [0.05, 0.1) is 12.0 Å². The van der Waals surface area contributed by atoms with Crippen LogP contribution < -0.4 is 0 Å². The fourth-order valence-corrected chi connectivity index (χ4v) is 9.56. The summed E-state index contributed by atoms with van der Waals surface area (Å²) in [4.78, 5) is 23.8. The van der Waals surface area contributed by atoms with Gasteiger partial charge in [-0.25, -0.2) is 0 Å². The lowest BCUT2D eigenvalue weighted by Gasteiger charge is -2.59. The van der Waals surface area contributed by atoms with E-state index in [4.69, 9.17) is 25.8 Å². The average molecular weight is 423 g/mol. The molecule has 0 aromatic heterocycles. The molecular weight excluding hydrogens is 392 g/mol. The highest BCUT2D eigenvalue weighted by Gasteiger charge is 2.87. The number of epoxide rings is 2. The quantitative estimate of drug-likeness (QED) is 0.393. The summed E-state index contributed by atoms with van der Waals surface area (Å²) >= 11 is 6.04. The number of hydrogen-bond acceptors (Lipinski definition) is 5. The lowest BCUT2D eigenvalue weighted by molar-refractivity contribution is -0.153. The summed E-state index contributed by atoms with van der Waals surface area (Å²) < 4.78 is 18.0. The molecule has 0 radical (unpaired) electrons. The third-order valence-electron chi connectivity index (χ3n) is 10.7. The van der Waals surface area contributed by atoms with Gasteiger partial charge in [-0.05, 0) is 63.2 Å². The van der Waals surface area contributed by atoms with Gasteiger partial charge in [0.25, 0.3) is 6.47 Å². The van der Waals surface area contributed by atoms with Crippen molar-refractivity contribution in [3.05, 3.63) is 0 Å². The molecule has 6 fully saturated rings. The average Bonchev–Trinajstić information content (AvgIpc) is 3.54. The first-order chi connectivity index (χ1) is 13.7. The number of rotatable bonds is 4. The standard InChI is InChI=1S/C23H31ClO5/c1-19-6-4-13(27-12-25)9-22(19)18(28-22)8-14-15(19)5-7-20(2)16(14)10-21(3)23(20,29-21)17(26)11-24/h12-16,18H,4-11H2,1-3H3/t13?,14-,15+,16+,18?,19-,20+,21-,22?,23+/m1/s1. The van der Waals surface area contributed by atoms with Crippen LogP contribution in [0.2, 0.25) is 0 Å². The van der Waals surface area contributed by atoms with Gasteiger partial charge >= 0.3 is 0 Å². The minimum Gasteiger partial charge on any atom is -0.464 e. The summed E-state index contributed by atoms with van der Waals surface area (Å²) in [5, 5.41) is 0. The molecule has 4 saturated carbocycles. The molecule has 0 aromatic carbocycles. The second kappa shape index (κ2) is 5.39. The van der Waals surface area contributed by atoms with Crippen LogP contribution in [-0.2, 0) is 23.8 Å². The normalized spacial score (nSPS) is 61.3. The molecule has 3 unspecified atom stereocenters. The van der Waals surface area contributed by atoms with E-state index in [0.29, 0.717) is 24.2 Å². The Kier molecular flexibility index (Phi) is 3.54. The molecule has 4 aliphatic carbocycles. The van der Waals surface area contributed by atoms with Crippen molar-refractivity contribution < 1.29 is 23.8 Å². The Hall–Kier alpha value is -0.650. The van der Waals surface area contributed by atoms with Gasteiger partial charge in [0.15, 0.2) is 11.4 Å². The Labute approximate surface area is 177 Å². The van der Waals surface area contributed by atoms with E-state index in [1.54, 1.807) is 0 Å².